The molecule has 0 aromatic carbocycles. The minimum Gasteiger partial charge on any atom is -0.335 e. The van der Waals surface area contributed by atoms with Gasteiger partial charge in [-0.3, -0.25) is 4.79 Å². The molecule has 3 amide bonds. The summed E-state index contributed by atoms with van der Waals surface area (Å²) in [6.07, 6.45) is 12.2. The third-order valence-corrected chi connectivity index (χ3v) is 10.5. The van der Waals surface area contributed by atoms with Crippen molar-refractivity contribution >= 4 is 21.8 Å². The smallest absolute Gasteiger partial charge is 0.318 e. The Hall–Kier alpha value is -1.31. The van der Waals surface area contributed by atoms with E-state index in [9.17, 15) is 18.0 Å². The number of amides is 3. The number of carbonyl (C=O) groups is 2. The number of nitrogens with one attached hydrogen (secondary N) is 1. The summed E-state index contributed by atoms with van der Waals surface area (Å²) in [6, 6.07) is 0.512. The van der Waals surface area contributed by atoms with Crippen LogP contribution in [0.1, 0.15) is 84.5 Å². The normalized spacial score (nSPS) is 36.6. The maximum Gasteiger partial charge on any atom is 0.318 e. The average molecular weight is 468 g/mol. The zero-order valence-corrected chi connectivity index (χ0v) is 20.8. The van der Waals surface area contributed by atoms with Crippen LogP contribution in [0, 0.1) is 11.8 Å². The Morgan fingerprint density at radius 3 is 2.09 bits per heavy atom. The standard InChI is InChI=1S/C24H41N3O4S/c1-16-15-26(24(29)25-20-6-4-5-7-20)23-14-19(10-13-22(23)27(16)17(2)28)18-8-11-21(12-9-18)32(3,30)31/h16,18-23H,4-15H2,1-3H3,(H,25,29)/t16-,18?,19?,21?,22?,23?/m0/s1. The number of rotatable bonds is 3. The van der Waals surface area contributed by atoms with Crippen molar-refractivity contribution in [1.29, 1.82) is 0 Å². The number of hydrogen-bond donors (Lipinski definition) is 1. The minimum absolute atomic E-state index is 0.0322. The van der Waals surface area contributed by atoms with Crippen LogP contribution < -0.4 is 5.32 Å². The zero-order valence-electron chi connectivity index (χ0n) is 20.0. The Balaban J connectivity index is 1.47. The van der Waals surface area contributed by atoms with Crippen LogP contribution >= 0.6 is 0 Å². The molecule has 4 fully saturated rings. The first-order chi connectivity index (χ1) is 15.1. The van der Waals surface area contributed by atoms with Crippen molar-refractivity contribution in [1.82, 2.24) is 15.1 Å². The van der Waals surface area contributed by atoms with E-state index in [2.05, 4.69) is 12.2 Å². The molecule has 32 heavy (non-hydrogen) atoms. The molecule has 1 saturated heterocycles. The second kappa shape index (κ2) is 9.51. The van der Waals surface area contributed by atoms with Crippen LogP contribution in [-0.2, 0) is 14.6 Å². The van der Waals surface area contributed by atoms with E-state index in [1.165, 1.54) is 19.1 Å². The zero-order chi connectivity index (χ0) is 23.0. The number of fused-ring (bicyclic) bond motifs is 1. The molecule has 1 heterocycles. The first kappa shape index (κ1) is 23.8. The number of piperazine rings is 1. The largest absolute Gasteiger partial charge is 0.335 e. The Labute approximate surface area is 193 Å². The SMILES string of the molecule is CC(=O)N1C2CCC(C3CCC(S(C)(=O)=O)CC3)CC2N(C(=O)NC2CCCC2)C[C@@H]1C. The lowest BCUT2D eigenvalue weighted by Crippen LogP contribution is -2.68. The first-order valence-corrected chi connectivity index (χ1v) is 14.7. The summed E-state index contributed by atoms with van der Waals surface area (Å²) < 4.78 is 23.9. The third-order valence-electron chi connectivity index (χ3n) is 8.81. The number of carbonyl (C=O) groups excluding carboxylic acids is 2. The van der Waals surface area contributed by atoms with Gasteiger partial charge in [-0.25, -0.2) is 13.2 Å². The minimum atomic E-state index is -2.96. The van der Waals surface area contributed by atoms with E-state index in [0.29, 0.717) is 18.4 Å². The van der Waals surface area contributed by atoms with E-state index in [4.69, 9.17) is 0 Å². The summed E-state index contributed by atoms with van der Waals surface area (Å²) >= 11 is 0. The van der Waals surface area contributed by atoms with Gasteiger partial charge in [0.15, 0.2) is 0 Å². The molecule has 182 valence electrons. The molecule has 4 aliphatic rings. The monoisotopic (exact) mass is 467 g/mol. The van der Waals surface area contributed by atoms with Crippen molar-refractivity contribution in [2.75, 3.05) is 12.8 Å². The maximum absolute atomic E-state index is 13.3. The van der Waals surface area contributed by atoms with Crippen molar-refractivity contribution in [3.63, 3.8) is 0 Å². The number of nitrogens with zero attached hydrogens (tertiary/aromatic N) is 2. The van der Waals surface area contributed by atoms with Gasteiger partial charge in [-0.1, -0.05) is 12.8 Å². The van der Waals surface area contributed by atoms with E-state index in [1.807, 2.05) is 9.80 Å². The van der Waals surface area contributed by atoms with Crippen LogP contribution in [0.3, 0.4) is 0 Å². The number of urea groups is 1. The molecule has 3 unspecified atom stereocenters. The summed E-state index contributed by atoms with van der Waals surface area (Å²) in [5, 5.41) is 3.09. The summed E-state index contributed by atoms with van der Waals surface area (Å²) in [6.45, 7) is 4.30. The van der Waals surface area contributed by atoms with Gasteiger partial charge in [-0.15, -0.1) is 0 Å². The van der Waals surface area contributed by atoms with Crippen LogP contribution in [-0.4, -0.2) is 72.4 Å². The van der Waals surface area contributed by atoms with Crippen LogP contribution in [0.2, 0.25) is 0 Å². The topological polar surface area (TPSA) is 86.8 Å². The molecule has 0 radical (unpaired) electrons. The van der Waals surface area contributed by atoms with Crippen molar-refractivity contribution in [3.05, 3.63) is 0 Å². The van der Waals surface area contributed by atoms with Crippen LogP contribution in [0.4, 0.5) is 4.79 Å². The summed E-state index contributed by atoms with van der Waals surface area (Å²) in [5.41, 5.74) is 0. The molecule has 0 aromatic rings. The Kier molecular flexibility index (Phi) is 7.08. The Bertz CT molecular complexity index is 802. The fourth-order valence-electron chi connectivity index (χ4n) is 7.18. The van der Waals surface area contributed by atoms with Crippen molar-refractivity contribution < 1.29 is 18.0 Å². The molecule has 1 N–H and O–H groups in total. The van der Waals surface area contributed by atoms with E-state index in [0.717, 1.165) is 57.8 Å². The van der Waals surface area contributed by atoms with Gasteiger partial charge in [0.25, 0.3) is 0 Å². The van der Waals surface area contributed by atoms with Crippen molar-refractivity contribution in [2.24, 2.45) is 11.8 Å². The highest BCUT2D eigenvalue weighted by Gasteiger charge is 2.48. The number of sulfone groups is 1. The van der Waals surface area contributed by atoms with Crippen molar-refractivity contribution in [2.45, 2.75) is 114 Å². The molecule has 4 atom stereocenters. The summed E-state index contributed by atoms with van der Waals surface area (Å²) in [5.74, 6) is 1.13. The third kappa shape index (κ3) is 4.95. The van der Waals surface area contributed by atoms with E-state index < -0.39 is 9.84 Å². The van der Waals surface area contributed by atoms with Crippen LogP contribution in [0.5, 0.6) is 0 Å². The summed E-state index contributed by atoms with van der Waals surface area (Å²) in [7, 11) is -2.96. The van der Waals surface area contributed by atoms with E-state index >= 15 is 0 Å². The highest BCUT2D eigenvalue weighted by Crippen LogP contribution is 2.43. The highest BCUT2D eigenvalue weighted by molar-refractivity contribution is 7.91. The molecular formula is C24H41N3O4S. The highest BCUT2D eigenvalue weighted by atomic mass is 32.2. The molecule has 3 saturated carbocycles. The van der Waals surface area contributed by atoms with Gasteiger partial charge in [-0.05, 0) is 76.5 Å². The first-order valence-electron chi connectivity index (χ1n) is 12.7. The molecule has 7 nitrogen and oxygen atoms in total. The quantitative estimate of drug-likeness (QED) is 0.690. The van der Waals surface area contributed by atoms with Gasteiger partial charge in [0.05, 0.1) is 17.3 Å². The maximum atomic E-state index is 13.3. The molecule has 0 aromatic heterocycles. The lowest BCUT2D eigenvalue weighted by Gasteiger charge is -2.55. The van der Waals surface area contributed by atoms with Gasteiger partial charge in [0, 0.05) is 31.8 Å². The van der Waals surface area contributed by atoms with Crippen LogP contribution in [0.25, 0.3) is 0 Å². The Morgan fingerprint density at radius 1 is 0.875 bits per heavy atom. The van der Waals surface area contributed by atoms with E-state index in [-0.39, 0.29) is 41.4 Å². The van der Waals surface area contributed by atoms with Gasteiger partial charge in [-0.2, -0.15) is 0 Å². The second-order valence-corrected chi connectivity index (χ2v) is 13.3. The van der Waals surface area contributed by atoms with E-state index in [1.54, 1.807) is 6.92 Å². The van der Waals surface area contributed by atoms with Gasteiger partial charge >= 0.3 is 6.03 Å². The predicted octanol–water partition coefficient (Wildman–Crippen LogP) is 3.33. The predicted molar refractivity (Wildman–Crippen MR) is 125 cm³/mol. The fraction of sp³-hybridized carbons (Fsp3) is 0.917. The van der Waals surface area contributed by atoms with Gasteiger partial charge in [0.2, 0.25) is 5.91 Å². The fourth-order valence-corrected chi connectivity index (χ4v) is 8.31. The van der Waals surface area contributed by atoms with Crippen LogP contribution in [0.15, 0.2) is 0 Å². The molecular weight excluding hydrogens is 426 g/mol. The molecule has 1 aliphatic heterocycles. The lowest BCUT2D eigenvalue weighted by molar-refractivity contribution is -0.141. The summed E-state index contributed by atoms with van der Waals surface area (Å²) in [4.78, 5) is 29.9. The molecule has 4 rings (SSSR count). The average Bonchev–Trinajstić information content (AvgIpc) is 3.25. The molecule has 3 aliphatic carbocycles. The lowest BCUT2D eigenvalue weighted by atomic mass is 9.69. The van der Waals surface area contributed by atoms with Gasteiger partial charge < -0.3 is 15.1 Å². The number of hydrogen-bond acceptors (Lipinski definition) is 4. The second-order valence-electron chi connectivity index (χ2n) is 10.9. The molecule has 0 spiro atoms. The Morgan fingerprint density at radius 2 is 1.50 bits per heavy atom. The molecule has 0 bridgehead atoms. The van der Waals surface area contributed by atoms with Crippen molar-refractivity contribution in [3.8, 4) is 0 Å². The molecule has 8 heteroatoms. The van der Waals surface area contributed by atoms with Gasteiger partial charge in [0.1, 0.15) is 9.84 Å².